The minimum atomic E-state index is -0.439. The molecular weight excluding hydrogens is 468 g/mol. The van der Waals surface area contributed by atoms with Crippen LogP contribution in [0.5, 0.6) is 11.5 Å². The quantitative estimate of drug-likeness (QED) is 0.163. The van der Waals surface area contributed by atoms with Gasteiger partial charge in [-0.05, 0) is 77.7 Å². The van der Waals surface area contributed by atoms with Crippen LogP contribution >= 0.6 is 15.9 Å². The van der Waals surface area contributed by atoms with Crippen molar-refractivity contribution < 1.29 is 19.1 Å². The van der Waals surface area contributed by atoms with E-state index < -0.39 is 5.97 Å². The van der Waals surface area contributed by atoms with Crippen molar-refractivity contribution in [3.05, 3.63) is 99.5 Å². The maximum atomic E-state index is 12.5. The number of hydrogen-bond donors (Lipinski definition) is 0. The van der Waals surface area contributed by atoms with E-state index in [9.17, 15) is 9.59 Å². The smallest absolute Gasteiger partial charge is 0.343 e. The van der Waals surface area contributed by atoms with Gasteiger partial charge in [0, 0.05) is 15.6 Å². The summed E-state index contributed by atoms with van der Waals surface area (Å²) in [5.41, 5.74) is 2.92. The lowest BCUT2D eigenvalue weighted by molar-refractivity contribution is 0.0734. The molecule has 0 bridgehead atoms. The Bertz CT molecular complexity index is 1140. The lowest BCUT2D eigenvalue weighted by atomic mass is 9.87. The molecule has 3 aromatic carbocycles. The molecule has 0 aliphatic rings. The van der Waals surface area contributed by atoms with Crippen LogP contribution in [0.1, 0.15) is 52.6 Å². The van der Waals surface area contributed by atoms with E-state index in [-0.39, 0.29) is 11.2 Å². The Morgan fingerprint density at radius 2 is 1.50 bits per heavy atom. The molecule has 0 heterocycles. The monoisotopic (exact) mass is 492 g/mol. The standard InChI is InChI=1S/C27H25BrO4/c1-27(2,3)21-10-5-19(6-11-21)26(30)32-23-13-7-18(8-14-23)24(29)15-9-20-17-22(28)12-16-25(20)31-4/h5-17H,1-4H3. The van der Waals surface area contributed by atoms with Gasteiger partial charge in [0.2, 0.25) is 0 Å². The molecule has 3 aromatic rings. The molecule has 4 nitrogen and oxygen atoms in total. The average Bonchev–Trinajstić information content (AvgIpc) is 2.77. The lowest BCUT2D eigenvalue weighted by Crippen LogP contribution is -2.13. The van der Waals surface area contributed by atoms with Crippen LogP contribution in [0.4, 0.5) is 0 Å². The SMILES string of the molecule is COc1ccc(Br)cc1C=CC(=O)c1ccc(OC(=O)c2ccc(C(C)(C)C)cc2)cc1. The third-order valence-electron chi connectivity index (χ3n) is 4.94. The van der Waals surface area contributed by atoms with Crippen LogP contribution in [-0.4, -0.2) is 18.9 Å². The zero-order valence-corrected chi connectivity index (χ0v) is 20.1. The van der Waals surface area contributed by atoms with Crippen LogP contribution in [-0.2, 0) is 5.41 Å². The summed E-state index contributed by atoms with van der Waals surface area (Å²) in [4.78, 5) is 24.9. The van der Waals surface area contributed by atoms with E-state index in [0.29, 0.717) is 22.6 Å². The molecule has 0 saturated heterocycles. The molecule has 0 aliphatic carbocycles. The van der Waals surface area contributed by atoms with Crippen LogP contribution < -0.4 is 9.47 Å². The minimum Gasteiger partial charge on any atom is -0.496 e. The van der Waals surface area contributed by atoms with Gasteiger partial charge in [-0.25, -0.2) is 4.79 Å². The third-order valence-corrected chi connectivity index (χ3v) is 5.44. The molecule has 0 unspecified atom stereocenters. The van der Waals surface area contributed by atoms with Crippen molar-refractivity contribution in [1.82, 2.24) is 0 Å². The molecule has 3 rings (SSSR count). The Labute approximate surface area is 197 Å². The highest BCUT2D eigenvalue weighted by molar-refractivity contribution is 9.10. The summed E-state index contributed by atoms with van der Waals surface area (Å²) in [6.07, 6.45) is 3.20. The molecule has 0 saturated carbocycles. The number of ether oxygens (including phenoxy) is 2. The van der Waals surface area contributed by atoms with Crippen molar-refractivity contribution in [2.45, 2.75) is 26.2 Å². The highest BCUT2D eigenvalue weighted by atomic mass is 79.9. The third kappa shape index (κ3) is 5.95. The van der Waals surface area contributed by atoms with Crippen LogP contribution in [0.15, 0.2) is 77.3 Å². The molecule has 0 spiro atoms. The number of benzene rings is 3. The van der Waals surface area contributed by atoms with E-state index in [1.165, 1.54) is 6.08 Å². The topological polar surface area (TPSA) is 52.6 Å². The van der Waals surface area contributed by atoms with Gasteiger partial charge in [-0.2, -0.15) is 0 Å². The molecule has 32 heavy (non-hydrogen) atoms. The van der Waals surface area contributed by atoms with Gasteiger partial charge in [-0.15, -0.1) is 0 Å². The van der Waals surface area contributed by atoms with Gasteiger partial charge in [0.1, 0.15) is 11.5 Å². The highest BCUT2D eigenvalue weighted by Crippen LogP contribution is 2.25. The maximum Gasteiger partial charge on any atom is 0.343 e. The Kier molecular flexibility index (Phi) is 7.31. The van der Waals surface area contributed by atoms with Gasteiger partial charge >= 0.3 is 5.97 Å². The van der Waals surface area contributed by atoms with E-state index >= 15 is 0 Å². The number of ketones is 1. The van der Waals surface area contributed by atoms with Crippen molar-refractivity contribution in [1.29, 1.82) is 0 Å². The molecule has 0 amide bonds. The minimum absolute atomic E-state index is 0.0153. The van der Waals surface area contributed by atoms with Crippen molar-refractivity contribution in [3.63, 3.8) is 0 Å². The van der Waals surface area contributed by atoms with Gasteiger partial charge in [0.25, 0.3) is 0 Å². The summed E-state index contributed by atoms with van der Waals surface area (Å²) >= 11 is 3.42. The maximum absolute atomic E-state index is 12.5. The Morgan fingerprint density at radius 1 is 0.875 bits per heavy atom. The number of hydrogen-bond acceptors (Lipinski definition) is 4. The number of rotatable bonds is 6. The second kappa shape index (κ2) is 9.96. The molecule has 0 N–H and O–H groups in total. The normalized spacial score (nSPS) is 11.4. The predicted molar refractivity (Wildman–Crippen MR) is 131 cm³/mol. The van der Waals surface area contributed by atoms with Gasteiger partial charge in [-0.1, -0.05) is 48.8 Å². The van der Waals surface area contributed by atoms with Crippen molar-refractivity contribution in [3.8, 4) is 11.5 Å². The summed E-state index contributed by atoms with van der Waals surface area (Å²) in [5.74, 6) is 0.452. The van der Waals surface area contributed by atoms with Crippen molar-refractivity contribution in [2.24, 2.45) is 0 Å². The number of esters is 1. The second-order valence-corrected chi connectivity index (χ2v) is 9.24. The van der Waals surface area contributed by atoms with Gasteiger partial charge in [0.15, 0.2) is 5.78 Å². The van der Waals surface area contributed by atoms with Crippen LogP contribution in [0.2, 0.25) is 0 Å². The fourth-order valence-electron chi connectivity index (χ4n) is 3.06. The zero-order chi connectivity index (χ0) is 23.3. The number of methoxy groups -OCH3 is 1. The second-order valence-electron chi connectivity index (χ2n) is 8.33. The molecular formula is C27H25BrO4. The fraction of sp³-hybridized carbons (Fsp3) is 0.185. The average molecular weight is 493 g/mol. The van der Waals surface area contributed by atoms with Crippen LogP contribution in [0.25, 0.3) is 6.08 Å². The highest BCUT2D eigenvalue weighted by Gasteiger charge is 2.15. The van der Waals surface area contributed by atoms with Gasteiger partial charge < -0.3 is 9.47 Å². The molecule has 0 aromatic heterocycles. The van der Waals surface area contributed by atoms with Crippen molar-refractivity contribution >= 4 is 33.8 Å². The molecule has 164 valence electrons. The summed E-state index contributed by atoms with van der Waals surface area (Å²) in [7, 11) is 1.58. The number of carbonyl (C=O) groups excluding carboxylic acids is 2. The van der Waals surface area contributed by atoms with E-state index in [1.807, 2.05) is 30.3 Å². The van der Waals surface area contributed by atoms with Crippen LogP contribution in [0.3, 0.4) is 0 Å². The van der Waals surface area contributed by atoms with E-state index in [0.717, 1.165) is 15.6 Å². The fourth-order valence-corrected chi connectivity index (χ4v) is 3.44. The first-order chi connectivity index (χ1) is 15.2. The molecule has 0 fully saturated rings. The summed E-state index contributed by atoms with van der Waals surface area (Å²) in [5, 5.41) is 0. The van der Waals surface area contributed by atoms with Crippen molar-refractivity contribution in [2.75, 3.05) is 7.11 Å². The van der Waals surface area contributed by atoms with E-state index in [4.69, 9.17) is 9.47 Å². The first kappa shape index (κ1) is 23.5. The Morgan fingerprint density at radius 3 is 2.09 bits per heavy atom. The molecule has 0 atom stereocenters. The number of halogens is 1. The molecule has 0 radical (unpaired) electrons. The van der Waals surface area contributed by atoms with E-state index in [2.05, 4.69) is 36.7 Å². The predicted octanol–water partition coefficient (Wildman–Crippen LogP) is 6.87. The first-order valence-corrected chi connectivity index (χ1v) is 11.0. The summed E-state index contributed by atoms with van der Waals surface area (Å²) in [6, 6.07) is 19.5. The van der Waals surface area contributed by atoms with Gasteiger partial charge in [0.05, 0.1) is 12.7 Å². The van der Waals surface area contributed by atoms with Gasteiger partial charge in [-0.3, -0.25) is 4.79 Å². The number of allylic oxidation sites excluding steroid dienone is 1. The number of carbonyl (C=O) groups is 2. The Hall–Kier alpha value is -3.18. The summed E-state index contributed by atoms with van der Waals surface area (Å²) in [6.45, 7) is 6.36. The largest absolute Gasteiger partial charge is 0.496 e. The molecule has 0 aliphatic heterocycles. The summed E-state index contributed by atoms with van der Waals surface area (Å²) < 4.78 is 11.7. The van der Waals surface area contributed by atoms with Crippen LogP contribution in [0, 0.1) is 0 Å². The Balaban J connectivity index is 1.66. The first-order valence-electron chi connectivity index (χ1n) is 10.2. The lowest BCUT2D eigenvalue weighted by Gasteiger charge is -2.18. The van der Waals surface area contributed by atoms with E-state index in [1.54, 1.807) is 49.6 Å². The zero-order valence-electron chi connectivity index (χ0n) is 18.5. The molecule has 5 heteroatoms.